The maximum Gasteiger partial charge on any atom is 0.270 e. The zero-order valence-corrected chi connectivity index (χ0v) is 15.1. The molecule has 1 aromatic carbocycles. The van der Waals surface area contributed by atoms with Gasteiger partial charge >= 0.3 is 0 Å². The van der Waals surface area contributed by atoms with Gasteiger partial charge in [-0.25, -0.2) is 14.4 Å². The standard InChI is InChI=1S/C19H16FN5O4/c20-13-6-12-11(5-10(13)7-22-17(27)14-3-4-21-9-23-14)8-25(19(12)29)15-1-2-16(26)24-18(15)28/h3-6,9,15H,1-2,7-8H2,(H,22,27)(H,24,26,28). The van der Waals surface area contributed by atoms with Gasteiger partial charge in [-0.1, -0.05) is 0 Å². The second kappa shape index (κ2) is 7.38. The molecule has 2 aliphatic rings. The van der Waals surface area contributed by atoms with Gasteiger partial charge in [0.25, 0.3) is 11.8 Å². The summed E-state index contributed by atoms with van der Waals surface area (Å²) in [4.78, 5) is 57.0. The van der Waals surface area contributed by atoms with Crippen LogP contribution >= 0.6 is 0 Å². The summed E-state index contributed by atoms with van der Waals surface area (Å²) >= 11 is 0. The molecule has 4 rings (SSSR count). The fraction of sp³-hybridized carbons (Fsp3) is 0.263. The van der Waals surface area contributed by atoms with E-state index in [0.29, 0.717) is 5.56 Å². The summed E-state index contributed by atoms with van der Waals surface area (Å²) in [6, 6.07) is 3.30. The van der Waals surface area contributed by atoms with Crippen molar-refractivity contribution < 1.29 is 23.6 Å². The van der Waals surface area contributed by atoms with Crippen LogP contribution in [0.4, 0.5) is 4.39 Å². The lowest BCUT2D eigenvalue weighted by Gasteiger charge is -2.29. The summed E-state index contributed by atoms with van der Waals surface area (Å²) in [7, 11) is 0. The van der Waals surface area contributed by atoms with E-state index in [2.05, 4.69) is 20.6 Å². The Morgan fingerprint density at radius 3 is 2.86 bits per heavy atom. The lowest BCUT2D eigenvalue weighted by atomic mass is 10.0. The average molecular weight is 397 g/mol. The van der Waals surface area contributed by atoms with Crippen LogP contribution in [0.2, 0.25) is 0 Å². The Labute approximate surface area is 164 Å². The van der Waals surface area contributed by atoms with Crippen LogP contribution in [0.3, 0.4) is 0 Å². The van der Waals surface area contributed by atoms with Crippen LogP contribution in [0.25, 0.3) is 0 Å². The molecule has 2 aromatic rings. The van der Waals surface area contributed by atoms with E-state index in [1.165, 1.54) is 29.6 Å². The van der Waals surface area contributed by atoms with E-state index in [9.17, 15) is 23.6 Å². The second-order valence-corrected chi connectivity index (χ2v) is 6.78. The van der Waals surface area contributed by atoms with E-state index >= 15 is 0 Å². The highest BCUT2D eigenvalue weighted by Gasteiger charge is 2.39. The fourth-order valence-corrected chi connectivity index (χ4v) is 3.47. The summed E-state index contributed by atoms with van der Waals surface area (Å²) in [6.45, 7) is 0.0438. The number of benzene rings is 1. The van der Waals surface area contributed by atoms with Crippen molar-refractivity contribution in [2.75, 3.05) is 0 Å². The van der Waals surface area contributed by atoms with Crippen molar-refractivity contribution in [3.05, 3.63) is 58.9 Å². The van der Waals surface area contributed by atoms with Gasteiger partial charge in [-0.3, -0.25) is 24.5 Å². The van der Waals surface area contributed by atoms with Crippen molar-refractivity contribution in [2.24, 2.45) is 0 Å². The third kappa shape index (κ3) is 3.56. The molecule has 0 radical (unpaired) electrons. The molecule has 0 aliphatic carbocycles. The van der Waals surface area contributed by atoms with E-state index < -0.39 is 29.6 Å². The van der Waals surface area contributed by atoms with Crippen LogP contribution in [0.1, 0.15) is 44.8 Å². The molecule has 3 heterocycles. The minimum absolute atomic E-state index is 0.0887. The first-order chi connectivity index (χ1) is 13.9. The number of hydrogen-bond donors (Lipinski definition) is 2. The minimum atomic E-state index is -0.767. The number of halogens is 1. The van der Waals surface area contributed by atoms with Crippen molar-refractivity contribution in [3.8, 4) is 0 Å². The number of carbonyl (C=O) groups is 4. The van der Waals surface area contributed by atoms with E-state index in [1.54, 1.807) is 0 Å². The average Bonchev–Trinajstić information content (AvgIpc) is 3.02. The van der Waals surface area contributed by atoms with Crippen molar-refractivity contribution in [2.45, 2.75) is 32.0 Å². The number of aromatic nitrogens is 2. The first-order valence-corrected chi connectivity index (χ1v) is 8.94. The summed E-state index contributed by atoms with van der Waals surface area (Å²) < 4.78 is 14.5. The Balaban J connectivity index is 1.49. The molecule has 1 unspecified atom stereocenters. The van der Waals surface area contributed by atoms with Gasteiger partial charge in [0, 0.05) is 36.8 Å². The smallest absolute Gasteiger partial charge is 0.270 e. The SMILES string of the molecule is O=C1CCC(N2Cc3cc(CNC(=O)c4ccncn4)c(F)cc3C2=O)C(=O)N1. The third-order valence-corrected chi connectivity index (χ3v) is 4.94. The van der Waals surface area contributed by atoms with E-state index in [0.717, 1.165) is 6.07 Å². The maximum atomic E-state index is 14.5. The predicted molar refractivity (Wildman–Crippen MR) is 95.6 cm³/mol. The fourth-order valence-electron chi connectivity index (χ4n) is 3.47. The molecule has 2 N–H and O–H groups in total. The molecule has 0 saturated carbocycles. The van der Waals surface area contributed by atoms with Gasteiger partial charge in [-0.2, -0.15) is 0 Å². The molecule has 1 aromatic heterocycles. The van der Waals surface area contributed by atoms with Gasteiger partial charge in [0.15, 0.2) is 0 Å². The Morgan fingerprint density at radius 2 is 2.14 bits per heavy atom. The molecule has 0 bridgehead atoms. The molecule has 29 heavy (non-hydrogen) atoms. The Kier molecular flexibility index (Phi) is 4.75. The quantitative estimate of drug-likeness (QED) is 0.716. The molecule has 1 saturated heterocycles. The maximum absolute atomic E-state index is 14.5. The molecule has 4 amide bonds. The van der Waals surface area contributed by atoms with Gasteiger partial charge in [0.1, 0.15) is 23.9 Å². The number of nitrogens with one attached hydrogen (secondary N) is 2. The van der Waals surface area contributed by atoms with Crippen molar-refractivity contribution in [1.29, 1.82) is 0 Å². The largest absolute Gasteiger partial charge is 0.347 e. The third-order valence-electron chi connectivity index (χ3n) is 4.94. The number of hydrogen-bond acceptors (Lipinski definition) is 6. The highest BCUT2D eigenvalue weighted by Crippen LogP contribution is 2.29. The molecule has 9 nitrogen and oxygen atoms in total. The predicted octanol–water partition coefficient (Wildman–Crippen LogP) is 0.307. The van der Waals surface area contributed by atoms with Gasteiger partial charge in [-0.15, -0.1) is 0 Å². The van der Waals surface area contributed by atoms with E-state index in [4.69, 9.17) is 0 Å². The molecular weight excluding hydrogens is 381 g/mol. The number of carbonyl (C=O) groups excluding carboxylic acids is 4. The molecule has 1 fully saturated rings. The molecule has 1 atom stereocenters. The zero-order chi connectivity index (χ0) is 20.5. The molecule has 2 aliphatic heterocycles. The van der Waals surface area contributed by atoms with E-state index in [1.807, 2.05) is 0 Å². The number of amides is 4. The Bertz CT molecular complexity index is 1030. The molecule has 10 heteroatoms. The van der Waals surface area contributed by atoms with Crippen molar-refractivity contribution >= 4 is 23.6 Å². The van der Waals surface area contributed by atoms with Crippen LogP contribution < -0.4 is 10.6 Å². The Hall–Kier alpha value is -3.69. The topological polar surface area (TPSA) is 121 Å². The number of piperidine rings is 1. The van der Waals surface area contributed by atoms with Gasteiger partial charge < -0.3 is 10.2 Å². The first-order valence-electron chi connectivity index (χ1n) is 8.94. The van der Waals surface area contributed by atoms with Crippen LogP contribution in [0, 0.1) is 5.82 Å². The molecular formula is C19H16FN5O4. The van der Waals surface area contributed by atoms with Crippen LogP contribution in [-0.4, -0.2) is 44.5 Å². The lowest BCUT2D eigenvalue weighted by Crippen LogP contribution is -2.52. The Morgan fingerprint density at radius 1 is 1.31 bits per heavy atom. The van der Waals surface area contributed by atoms with Crippen molar-refractivity contribution in [1.82, 2.24) is 25.5 Å². The number of nitrogens with zero attached hydrogens (tertiary/aromatic N) is 3. The van der Waals surface area contributed by atoms with Crippen LogP contribution in [0.15, 0.2) is 30.7 Å². The molecule has 148 valence electrons. The van der Waals surface area contributed by atoms with Gasteiger partial charge in [-0.05, 0) is 30.2 Å². The summed E-state index contributed by atoms with van der Waals surface area (Å²) in [5, 5.41) is 4.80. The normalized spacial score (nSPS) is 18.4. The highest BCUT2D eigenvalue weighted by atomic mass is 19.1. The van der Waals surface area contributed by atoms with Gasteiger partial charge in [0.05, 0.1) is 0 Å². The summed E-state index contributed by atoms with van der Waals surface area (Å²) in [6.07, 6.45) is 3.03. The van der Waals surface area contributed by atoms with Crippen LogP contribution in [0.5, 0.6) is 0 Å². The first kappa shape index (κ1) is 18.7. The second-order valence-electron chi connectivity index (χ2n) is 6.78. The van der Waals surface area contributed by atoms with Gasteiger partial charge in [0.2, 0.25) is 11.8 Å². The summed E-state index contributed by atoms with van der Waals surface area (Å²) in [5.41, 5.74) is 1.11. The lowest BCUT2D eigenvalue weighted by molar-refractivity contribution is -0.136. The molecule has 0 spiro atoms. The van der Waals surface area contributed by atoms with Crippen LogP contribution in [-0.2, 0) is 22.7 Å². The van der Waals surface area contributed by atoms with Crippen molar-refractivity contribution in [3.63, 3.8) is 0 Å². The highest BCUT2D eigenvalue weighted by molar-refractivity contribution is 6.05. The minimum Gasteiger partial charge on any atom is -0.347 e. The summed E-state index contributed by atoms with van der Waals surface area (Å²) in [5.74, 6) is -2.47. The number of imide groups is 1. The zero-order valence-electron chi connectivity index (χ0n) is 15.1. The number of fused-ring (bicyclic) bond motifs is 1. The monoisotopic (exact) mass is 397 g/mol. The van der Waals surface area contributed by atoms with E-state index in [-0.39, 0.29) is 48.7 Å². The number of rotatable bonds is 4.